The van der Waals surface area contributed by atoms with Gasteiger partial charge in [-0.2, -0.15) is 0 Å². The van der Waals surface area contributed by atoms with E-state index < -0.39 is 0 Å². The van der Waals surface area contributed by atoms with Crippen LogP contribution in [0.3, 0.4) is 0 Å². The molecule has 0 bridgehead atoms. The normalized spacial score (nSPS) is 15.2. The number of aromatic nitrogens is 2. The Morgan fingerprint density at radius 2 is 1.96 bits per heavy atom. The molecule has 1 amide bonds. The van der Waals surface area contributed by atoms with Gasteiger partial charge in [0.05, 0.1) is 11.3 Å². The number of aryl methyl sites for hydroxylation is 2. The average molecular weight is 374 g/mol. The second-order valence-electron chi connectivity index (χ2n) is 6.50. The first-order chi connectivity index (χ1) is 12.5. The molecule has 2 aromatic rings. The van der Waals surface area contributed by atoms with E-state index in [-0.39, 0.29) is 5.91 Å². The van der Waals surface area contributed by atoms with Gasteiger partial charge in [-0.15, -0.1) is 0 Å². The summed E-state index contributed by atoms with van der Waals surface area (Å²) in [4.78, 5) is 26.2. The molecular weight excluding hydrogens is 350 g/mol. The molecule has 1 aliphatic heterocycles. The van der Waals surface area contributed by atoms with Crippen LogP contribution in [-0.4, -0.2) is 53.5 Å². The lowest BCUT2D eigenvalue weighted by molar-refractivity contribution is 0.102. The lowest BCUT2D eigenvalue weighted by atomic mass is 10.1. The molecule has 138 valence electrons. The third kappa shape index (κ3) is 4.14. The molecule has 0 unspecified atom stereocenters. The number of hydrogen-bond donors (Lipinski definition) is 1. The molecule has 1 aliphatic rings. The van der Waals surface area contributed by atoms with E-state index in [1.165, 1.54) is 0 Å². The van der Waals surface area contributed by atoms with Crippen LogP contribution in [0.15, 0.2) is 24.4 Å². The van der Waals surface area contributed by atoms with Crippen LogP contribution in [0, 0.1) is 13.8 Å². The Kier molecular flexibility index (Phi) is 5.74. The van der Waals surface area contributed by atoms with Gasteiger partial charge < -0.3 is 15.1 Å². The maximum absolute atomic E-state index is 12.6. The van der Waals surface area contributed by atoms with E-state index in [0.717, 1.165) is 38.3 Å². The Morgan fingerprint density at radius 1 is 1.23 bits per heavy atom. The summed E-state index contributed by atoms with van der Waals surface area (Å²) in [5.41, 5.74) is 2.79. The standard InChI is InChI=1S/C19H24ClN5O/c1-4-24-7-9-25(10-8-24)19-21-12-16(14(3)22-19)18(26)23-17-11-15(20)6-5-13(17)2/h5-6,11-12H,4,7-10H2,1-3H3,(H,23,26). The minimum Gasteiger partial charge on any atom is -0.338 e. The molecule has 2 heterocycles. The van der Waals surface area contributed by atoms with Crippen molar-refractivity contribution in [3.8, 4) is 0 Å². The van der Waals surface area contributed by atoms with E-state index in [1.54, 1.807) is 18.3 Å². The molecule has 26 heavy (non-hydrogen) atoms. The first-order valence-electron chi connectivity index (χ1n) is 8.86. The van der Waals surface area contributed by atoms with Crippen LogP contribution in [0.5, 0.6) is 0 Å². The summed E-state index contributed by atoms with van der Waals surface area (Å²) in [7, 11) is 0. The smallest absolute Gasteiger partial charge is 0.259 e. The van der Waals surface area contributed by atoms with Crippen molar-refractivity contribution >= 4 is 29.1 Å². The number of carbonyl (C=O) groups excluding carboxylic acids is 1. The molecule has 0 spiro atoms. The largest absolute Gasteiger partial charge is 0.338 e. The molecule has 0 saturated carbocycles. The quantitative estimate of drug-likeness (QED) is 0.892. The van der Waals surface area contributed by atoms with Crippen LogP contribution in [-0.2, 0) is 0 Å². The number of amides is 1. The highest BCUT2D eigenvalue weighted by Gasteiger charge is 2.20. The van der Waals surface area contributed by atoms with E-state index in [1.807, 2.05) is 19.9 Å². The average Bonchev–Trinajstić information content (AvgIpc) is 2.64. The fraction of sp³-hybridized carbons (Fsp3) is 0.421. The van der Waals surface area contributed by atoms with Gasteiger partial charge in [-0.3, -0.25) is 4.79 Å². The summed E-state index contributed by atoms with van der Waals surface area (Å²) in [6.07, 6.45) is 1.61. The van der Waals surface area contributed by atoms with E-state index in [4.69, 9.17) is 11.6 Å². The van der Waals surface area contributed by atoms with Crippen molar-refractivity contribution in [2.45, 2.75) is 20.8 Å². The summed E-state index contributed by atoms with van der Waals surface area (Å²) in [5.74, 6) is 0.462. The lowest BCUT2D eigenvalue weighted by Crippen LogP contribution is -2.46. The van der Waals surface area contributed by atoms with Crippen molar-refractivity contribution in [1.82, 2.24) is 14.9 Å². The highest BCUT2D eigenvalue weighted by atomic mass is 35.5. The molecule has 3 rings (SSSR count). The molecule has 6 nitrogen and oxygen atoms in total. The fourth-order valence-corrected chi connectivity index (χ4v) is 3.18. The summed E-state index contributed by atoms with van der Waals surface area (Å²) in [5, 5.41) is 3.48. The highest BCUT2D eigenvalue weighted by molar-refractivity contribution is 6.31. The zero-order valence-corrected chi connectivity index (χ0v) is 16.2. The number of likely N-dealkylation sites (N-methyl/N-ethyl adjacent to an activating group) is 1. The van der Waals surface area contributed by atoms with Gasteiger partial charge in [0.15, 0.2) is 0 Å². The van der Waals surface area contributed by atoms with Crippen molar-refractivity contribution in [1.29, 1.82) is 0 Å². The molecule has 0 aliphatic carbocycles. The third-order valence-corrected chi connectivity index (χ3v) is 5.00. The van der Waals surface area contributed by atoms with E-state index in [2.05, 4.69) is 32.0 Å². The minimum atomic E-state index is -0.227. The number of nitrogens with zero attached hydrogens (tertiary/aromatic N) is 4. The number of benzene rings is 1. The highest BCUT2D eigenvalue weighted by Crippen LogP contribution is 2.21. The number of hydrogen-bond acceptors (Lipinski definition) is 5. The third-order valence-electron chi connectivity index (χ3n) is 4.76. The summed E-state index contributed by atoms with van der Waals surface area (Å²) in [6, 6.07) is 5.42. The monoisotopic (exact) mass is 373 g/mol. The number of nitrogens with one attached hydrogen (secondary N) is 1. The number of anilines is 2. The van der Waals surface area contributed by atoms with E-state index >= 15 is 0 Å². The fourth-order valence-electron chi connectivity index (χ4n) is 3.01. The van der Waals surface area contributed by atoms with Crippen LogP contribution in [0.4, 0.5) is 11.6 Å². The lowest BCUT2D eigenvalue weighted by Gasteiger charge is -2.34. The van der Waals surface area contributed by atoms with Crippen LogP contribution in [0.25, 0.3) is 0 Å². The van der Waals surface area contributed by atoms with Crippen LogP contribution >= 0.6 is 11.6 Å². The second-order valence-corrected chi connectivity index (χ2v) is 6.94. The van der Waals surface area contributed by atoms with Gasteiger partial charge in [0, 0.05) is 43.1 Å². The van der Waals surface area contributed by atoms with Crippen molar-refractivity contribution in [3.05, 3.63) is 46.2 Å². The van der Waals surface area contributed by atoms with Crippen molar-refractivity contribution in [3.63, 3.8) is 0 Å². The molecule has 7 heteroatoms. The van der Waals surface area contributed by atoms with Gasteiger partial charge in [-0.1, -0.05) is 24.6 Å². The number of rotatable bonds is 4. The Bertz CT molecular complexity index is 803. The van der Waals surface area contributed by atoms with Gasteiger partial charge in [0.1, 0.15) is 0 Å². The SMILES string of the molecule is CCN1CCN(c2ncc(C(=O)Nc3cc(Cl)ccc3C)c(C)n2)CC1. The Morgan fingerprint density at radius 3 is 2.62 bits per heavy atom. The van der Waals surface area contributed by atoms with Gasteiger partial charge in [-0.05, 0) is 38.1 Å². The number of carbonyl (C=O) groups is 1. The molecule has 1 aromatic carbocycles. The zero-order valence-electron chi connectivity index (χ0n) is 15.4. The molecule has 0 radical (unpaired) electrons. The predicted octanol–water partition coefficient (Wildman–Crippen LogP) is 3.14. The minimum absolute atomic E-state index is 0.227. The maximum atomic E-state index is 12.6. The Labute approximate surface area is 159 Å². The molecule has 0 atom stereocenters. The van der Waals surface area contributed by atoms with Crippen LogP contribution in [0.2, 0.25) is 5.02 Å². The van der Waals surface area contributed by atoms with Crippen LogP contribution in [0.1, 0.15) is 28.5 Å². The Hall–Kier alpha value is -2.18. The maximum Gasteiger partial charge on any atom is 0.259 e. The number of piperazine rings is 1. The molecule has 1 N–H and O–H groups in total. The summed E-state index contributed by atoms with van der Waals surface area (Å²) < 4.78 is 0. The first kappa shape index (κ1) is 18.6. The molecule has 1 saturated heterocycles. The predicted molar refractivity (Wildman–Crippen MR) is 105 cm³/mol. The molecule has 1 fully saturated rings. The van der Waals surface area contributed by atoms with Crippen molar-refractivity contribution < 1.29 is 4.79 Å². The van der Waals surface area contributed by atoms with E-state index in [9.17, 15) is 4.79 Å². The topological polar surface area (TPSA) is 61.4 Å². The van der Waals surface area contributed by atoms with E-state index in [0.29, 0.717) is 27.9 Å². The Balaban J connectivity index is 1.73. The van der Waals surface area contributed by atoms with Gasteiger partial charge in [0.25, 0.3) is 5.91 Å². The zero-order chi connectivity index (χ0) is 18.7. The summed E-state index contributed by atoms with van der Waals surface area (Å²) in [6.45, 7) is 10.8. The number of halogens is 1. The van der Waals surface area contributed by atoms with Crippen molar-refractivity contribution in [2.24, 2.45) is 0 Å². The van der Waals surface area contributed by atoms with Gasteiger partial charge in [0.2, 0.25) is 5.95 Å². The van der Waals surface area contributed by atoms with Crippen molar-refractivity contribution in [2.75, 3.05) is 42.9 Å². The first-order valence-corrected chi connectivity index (χ1v) is 9.24. The summed E-state index contributed by atoms with van der Waals surface area (Å²) >= 11 is 6.02. The van der Waals surface area contributed by atoms with Crippen LogP contribution < -0.4 is 10.2 Å². The van der Waals surface area contributed by atoms with Gasteiger partial charge >= 0.3 is 0 Å². The second kappa shape index (κ2) is 8.01. The molecular formula is C19H24ClN5O. The van der Waals surface area contributed by atoms with Gasteiger partial charge in [-0.25, -0.2) is 9.97 Å². The molecule has 1 aromatic heterocycles.